The SMILES string of the molecule is Cc1ccc(F)cc1COc1cccnc1C(=O)O. The molecule has 0 fully saturated rings. The predicted molar refractivity (Wildman–Crippen MR) is 66.7 cm³/mol. The zero-order valence-electron chi connectivity index (χ0n) is 10.3. The molecule has 0 aliphatic carbocycles. The number of hydrogen-bond donors (Lipinski definition) is 1. The first-order valence-corrected chi connectivity index (χ1v) is 5.64. The van der Waals surface area contributed by atoms with Crippen molar-refractivity contribution in [2.75, 3.05) is 0 Å². The van der Waals surface area contributed by atoms with Crippen molar-refractivity contribution >= 4 is 5.97 Å². The van der Waals surface area contributed by atoms with Gasteiger partial charge >= 0.3 is 5.97 Å². The summed E-state index contributed by atoms with van der Waals surface area (Å²) in [6, 6.07) is 7.48. The highest BCUT2D eigenvalue weighted by Crippen LogP contribution is 2.18. The number of carboxylic acid groups (broad SMARTS) is 1. The molecule has 4 nitrogen and oxygen atoms in total. The van der Waals surface area contributed by atoms with Crippen LogP contribution in [0.25, 0.3) is 0 Å². The van der Waals surface area contributed by atoms with Crippen molar-refractivity contribution < 1.29 is 19.0 Å². The van der Waals surface area contributed by atoms with Gasteiger partial charge in [0.05, 0.1) is 0 Å². The van der Waals surface area contributed by atoms with Crippen molar-refractivity contribution in [3.05, 3.63) is 59.2 Å². The number of aromatic carboxylic acids is 1. The van der Waals surface area contributed by atoms with E-state index in [1.807, 2.05) is 6.92 Å². The number of halogens is 1. The van der Waals surface area contributed by atoms with Crippen molar-refractivity contribution in [1.29, 1.82) is 0 Å². The van der Waals surface area contributed by atoms with Crippen LogP contribution in [-0.2, 0) is 6.61 Å². The van der Waals surface area contributed by atoms with Gasteiger partial charge in [-0.05, 0) is 42.3 Å². The van der Waals surface area contributed by atoms with E-state index in [2.05, 4.69) is 4.98 Å². The van der Waals surface area contributed by atoms with Crippen LogP contribution in [0.4, 0.5) is 4.39 Å². The summed E-state index contributed by atoms with van der Waals surface area (Å²) in [5.74, 6) is -1.35. The van der Waals surface area contributed by atoms with Crippen molar-refractivity contribution in [3.8, 4) is 5.75 Å². The molecule has 0 spiro atoms. The van der Waals surface area contributed by atoms with Crippen molar-refractivity contribution in [2.24, 2.45) is 0 Å². The van der Waals surface area contributed by atoms with E-state index >= 15 is 0 Å². The Morgan fingerprint density at radius 1 is 1.42 bits per heavy atom. The minimum Gasteiger partial charge on any atom is -0.486 e. The van der Waals surface area contributed by atoms with E-state index in [1.54, 1.807) is 12.1 Å². The Hall–Kier alpha value is -2.43. The second-order valence-corrected chi connectivity index (χ2v) is 4.01. The number of hydrogen-bond acceptors (Lipinski definition) is 3. The van der Waals surface area contributed by atoms with Gasteiger partial charge in [0.15, 0.2) is 11.4 Å². The van der Waals surface area contributed by atoms with Crippen LogP contribution in [0, 0.1) is 12.7 Å². The molecule has 1 N–H and O–H groups in total. The lowest BCUT2D eigenvalue weighted by molar-refractivity contribution is 0.0685. The van der Waals surface area contributed by atoms with Crippen LogP contribution in [0.1, 0.15) is 21.6 Å². The number of aromatic nitrogens is 1. The van der Waals surface area contributed by atoms with Gasteiger partial charge in [-0.25, -0.2) is 14.2 Å². The van der Waals surface area contributed by atoms with Gasteiger partial charge < -0.3 is 9.84 Å². The Morgan fingerprint density at radius 2 is 2.21 bits per heavy atom. The summed E-state index contributed by atoms with van der Waals surface area (Å²) in [6.07, 6.45) is 1.38. The minimum atomic E-state index is -1.16. The minimum absolute atomic E-state index is 0.0928. The average Bonchev–Trinajstić information content (AvgIpc) is 2.40. The monoisotopic (exact) mass is 261 g/mol. The summed E-state index contributed by atoms with van der Waals surface area (Å²) in [4.78, 5) is 14.7. The van der Waals surface area contributed by atoms with E-state index in [4.69, 9.17) is 9.84 Å². The van der Waals surface area contributed by atoms with Gasteiger partial charge in [-0.15, -0.1) is 0 Å². The van der Waals surface area contributed by atoms with Gasteiger partial charge in [-0.3, -0.25) is 0 Å². The van der Waals surface area contributed by atoms with Gasteiger partial charge in [0.2, 0.25) is 0 Å². The van der Waals surface area contributed by atoms with E-state index in [1.165, 1.54) is 24.4 Å². The highest BCUT2D eigenvalue weighted by atomic mass is 19.1. The number of ether oxygens (including phenoxy) is 1. The molecule has 98 valence electrons. The molecule has 0 aliphatic heterocycles. The molecule has 0 saturated carbocycles. The number of rotatable bonds is 4. The number of pyridine rings is 1. The van der Waals surface area contributed by atoms with Gasteiger partial charge in [-0.1, -0.05) is 6.07 Å². The molecule has 19 heavy (non-hydrogen) atoms. The molecule has 0 aliphatic rings. The Bertz CT molecular complexity index is 613. The predicted octanol–water partition coefficient (Wildman–Crippen LogP) is 2.81. The van der Waals surface area contributed by atoms with Crippen molar-refractivity contribution in [2.45, 2.75) is 13.5 Å². The standard InChI is InChI=1S/C14H12FNO3/c1-9-4-5-11(15)7-10(9)8-19-12-3-2-6-16-13(12)14(17)18/h2-7H,8H2,1H3,(H,17,18). The number of carboxylic acids is 1. The fourth-order valence-corrected chi connectivity index (χ4v) is 1.62. The maximum Gasteiger partial charge on any atom is 0.358 e. The molecule has 5 heteroatoms. The quantitative estimate of drug-likeness (QED) is 0.919. The Labute approximate surface area is 109 Å². The van der Waals surface area contributed by atoms with E-state index in [0.717, 1.165) is 5.56 Å². The van der Waals surface area contributed by atoms with Crippen LogP contribution >= 0.6 is 0 Å². The maximum absolute atomic E-state index is 13.1. The van der Waals surface area contributed by atoms with Crippen molar-refractivity contribution in [3.63, 3.8) is 0 Å². The van der Waals surface area contributed by atoms with E-state index in [9.17, 15) is 9.18 Å². The summed E-state index contributed by atoms with van der Waals surface area (Å²) in [6.45, 7) is 1.93. The second kappa shape index (κ2) is 5.48. The molecule has 0 atom stereocenters. The van der Waals surface area contributed by atoms with E-state index < -0.39 is 5.97 Å². The summed E-state index contributed by atoms with van der Waals surface area (Å²) >= 11 is 0. The molecule has 1 aromatic carbocycles. The Balaban J connectivity index is 2.19. The number of benzene rings is 1. The smallest absolute Gasteiger partial charge is 0.358 e. The summed E-state index contributed by atoms with van der Waals surface area (Å²) < 4.78 is 18.5. The van der Waals surface area contributed by atoms with Crippen LogP contribution in [0.3, 0.4) is 0 Å². The fourth-order valence-electron chi connectivity index (χ4n) is 1.62. The first kappa shape index (κ1) is 13.0. The molecule has 1 heterocycles. The summed E-state index contributed by atoms with van der Waals surface area (Å²) in [5.41, 5.74) is 1.39. The number of aryl methyl sites for hydroxylation is 1. The molecular formula is C14H12FNO3. The molecular weight excluding hydrogens is 249 g/mol. The lowest BCUT2D eigenvalue weighted by atomic mass is 10.1. The molecule has 0 bridgehead atoms. The van der Waals surface area contributed by atoms with Crippen molar-refractivity contribution in [1.82, 2.24) is 4.98 Å². The highest BCUT2D eigenvalue weighted by Gasteiger charge is 2.12. The van der Waals surface area contributed by atoms with E-state index in [0.29, 0.717) is 5.56 Å². The van der Waals surface area contributed by atoms with Crippen LogP contribution < -0.4 is 4.74 Å². The van der Waals surface area contributed by atoms with Gasteiger partial charge in [-0.2, -0.15) is 0 Å². The first-order valence-electron chi connectivity index (χ1n) is 5.64. The second-order valence-electron chi connectivity index (χ2n) is 4.01. The van der Waals surface area contributed by atoms with E-state index in [-0.39, 0.29) is 23.9 Å². The first-order chi connectivity index (χ1) is 9.08. The maximum atomic E-state index is 13.1. The lowest BCUT2D eigenvalue weighted by Gasteiger charge is -2.10. The molecule has 0 unspecified atom stereocenters. The largest absolute Gasteiger partial charge is 0.486 e. The molecule has 1 aromatic heterocycles. The molecule has 0 amide bonds. The average molecular weight is 261 g/mol. The van der Waals surface area contributed by atoms with Gasteiger partial charge in [0, 0.05) is 6.20 Å². The fraction of sp³-hybridized carbons (Fsp3) is 0.143. The molecule has 0 radical (unpaired) electrons. The normalized spacial score (nSPS) is 10.2. The van der Waals surface area contributed by atoms with Gasteiger partial charge in [0.1, 0.15) is 12.4 Å². The lowest BCUT2D eigenvalue weighted by Crippen LogP contribution is -2.06. The van der Waals surface area contributed by atoms with Gasteiger partial charge in [0.25, 0.3) is 0 Å². The third-order valence-corrected chi connectivity index (χ3v) is 2.67. The third-order valence-electron chi connectivity index (χ3n) is 2.67. The molecule has 2 aromatic rings. The van der Waals surface area contributed by atoms with Crippen LogP contribution in [0.5, 0.6) is 5.75 Å². The Kier molecular flexibility index (Phi) is 3.75. The zero-order chi connectivity index (χ0) is 13.8. The number of nitrogens with zero attached hydrogens (tertiary/aromatic N) is 1. The van der Waals surface area contributed by atoms with Crippen LogP contribution in [0.2, 0.25) is 0 Å². The molecule has 0 saturated heterocycles. The zero-order valence-corrected chi connectivity index (χ0v) is 10.3. The summed E-state index contributed by atoms with van der Waals surface area (Å²) in [5, 5.41) is 8.96. The van der Waals surface area contributed by atoms with Crippen LogP contribution in [0.15, 0.2) is 36.5 Å². The Morgan fingerprint density at radius 3 is 2.95 bits per heavy atom. The highest BCUT2D eigenvalue weighted by molar-refractivity contribution is 5.88. The topological polar surface area (TPSA) is 59.4 Å². The number of carbonyl (C=O) groups is 1. The summed E-state index contributed by atoms with van der Waals surface area (Å²) in [7, 11) is 0. The molecule has 2 rings (SSSR count). The third kappa shape index (κ3) is 3.07. The van der Waals surface area contributed by atoms with Crippen LogP contribution in [-0.4, -0.2) is 16.1 Å².